The lowest BCUT2D eigenvalue weighted by Gasteiger charge is -2.49. The highest BCUT2D eigenvalue weighted by Gasteiger charge is 2.58. The molecule has 99 heavy (non-hydrogen) atoms. The third kappa shape index (κ3) is 39.0. The fourth-order valence-electron chi connectivity index (χ4n) is 12.9. The fraction of sp³-hybridized carbons (Fsp3) is 0.932. The van der Waals surface area contributed by atoms with Crippen LogP contribution >= 0.6 is 7.82 Å². The zero-order valence-corrected chi connectivity index (χ0v) is 61.7. The SMILES string of the molecule is CCCCCC/C=C\CCCCCCCCCC(=O)OC(COC(=O)CCCCCCCCCCCCCCC)COP(=O)(O)OC1C(OC2OC(CO)C(O)C(O)C2O)C(O)C(O)C(O)C1OC1OC(COC(=O)CCCCCCCCCCCCCCCCCC)C(O)C(O)C1O. The molecule has 0 amide bonds. The predicted molar refractivity (Wildman–Crippen MR) is 375 cm³/mol. The standard InChI is InChI=1S/C74H137O24P/c1-4-7-10-13-16-19-22-25-27-29-31-34-37-40-43-46-49-59(77)91-54-57-62(80)64(82)69(87)74(95-57)97-71-67(85)65(83)66(84)70(96-73-68(86)63(81)61(79)56(51-75)94-73)72(71)98-99(88,89)92-53-55(52-90-58(76)48-45-42-39-36-33-30-24-21-18-15-12-9-6-3)93-60(78)50-47-44-41-38-35-32-28-26-23-20-17-14-11-8-5-2/h20,23,55-57,61-75,79-87H,4-19,21-22,24-54H2,1-3H3,(H,88,89)/b23-20-. The Bertz CT molecular complexity index is 2090. The molecule has 0 spiro atoms. The van der Waals surface area contributed by atoms with Crippen LogP contribution in [0.15, 0.2) is 12.2 Å². The van der Waals surface area contributed by atoms with Crippen LogP contribution in [0.4, 0.5) is 0 Å². The zero-order valence-electron chi connectivity index (χ0n) is 60.8. The summed E-state index contributed by atoms with van der Waals surface area (Å²) in [5.41, 5.74) is 0. The van der Waals surface area contributed by atoms with E-state index in [9.17, 15) is 74.9 Å². The van der Waals surface area contributed by atoms with Gasteiger partial charge in [-0.3, -0.25) is 23.4 Å². The van der Waals surface area contributed by atoms with Gasteiger partial charge >= 0.3 is 25.7 Å². The Kier molecular flexibility index (Phi) is 51.5. The first-order chi connectivity index (χ1) is 47.8. The van der Waals surface area contributed by atoms with E-state index in [0.29, 0.717) is 19.3 Å². The monoisotopic (exact) mass is 1440 g/mol. The second kappa shape index (κ2) is 56.1. The summed E-state index contributed by atoms with van der Waals surface area (Å²) >= 11 is 0. The van der Waals surface area contributed by atoms with E-state index in [1.54, 1.807) is 0 Å². The molecule has 1 saturated carbocycles. The van der Waals surface area contributed by atoms with E-state index < -0.39 is 156 Å². The molecule has 0 radical (unpaired) electrons. The molecule has 0 bridgehead atoms. The number of phosphoric acid groups is 1. The van der Waals surface area contributed by atoms with Crippen LogP contribution in [0.3, 0.4) is 0 Å². The lowest BCUT2D eigenvalue weighted by atomic mass is 9.84. The number of hydrogen-bond acceptors (Lipinski definition) is 23. The van der Waals surface area contributed by atoms with Gasteiger partial charge in [-0.25, -0.2) is 4.57 Å². The largest absolute Gasteiger partial charge is 0.472 e. The molecule has 2 heterocycles. The van der Waals surface area contributed by atoms with Crippen LogP contribution in [0.25, 0.3) is 0 Å². The quantitative estimate of drug-likeness (QED) is 0.00886. The van der Waals surface area contributed by atoms with Gasteiger partial charge in [-0.2, -0.15) is 0 Å². The number of carbonyl (C=O) groups excluding carboxylic acids is 3. The van der Waals surface area contributed by atoms with Crippen LogP contribution in [-0.4, -0.2) is 204 Å². The van der Waals surface area contributed by atoms with Crippen molar-refractivity contribution < 1.29 is 117 Å². The summed E-state index contributed by atoms with van der Waals surface area (Å²) in [7, 11) is -5.70. The number of carbonyl (C=O) groups is 3. The van der Waals surface area contributed by atoms with Crippen molar-refractivity contribution in [1.82, 2.24) is 0 Å². The summed E-state index contributed by atoms with van der Waals surface area (Å²) in [6.45, 7) is 3.46. The van der Waals surface area contributed by atoms with Crippen molar-refractivity contribution in [2.45, 2.75) is 414 Å². The van der Waals surface area contributed by atoms with Crippen LogP contribution in [0.5, 0.6) is 0 Å². The summed E-state index contributed by atoms with van der Waals surface area (Å²) < 4.78 is 65.1. The summed E-state index contributed by atoms with van der Waals surface area (Å²) in [6.07, 6.45) is 15.5. The van der Waals surface area contributed by atoms with Crippen molar-refractivity contribution >= 4 is 25.7 Å². The average Bonchev–Trinajstić information content (AvgIpc) is 0.764. The number of hydrogen-bond donors (Lipinski definition) is 11. The van der Waals surface area contributed by atoms with Crippen LogP contribution in [0.2, 0.25) is 0 Å². The van der Waals surface area contributed by atoms with Gasteiger partial charge in [0.25, 0.3) is 0 Å². The van der Waals surface area contributed by atoms with E-state index in [1.807, 2.05) is 0 Å². The molecule has 0 aromatic rings. The predicted octanol–water partition coefficient (Wildman–Crippen LogP) is 11.1. The second-order valence-electron chi connectivity index (χ2n) is 28.1. The third-order valence-electron chi connectivity index (χ3n) is 19.3. The van der Waals surface area contributed by atoms with Crippen LogP contribution in [0, 0.1) is 0 Å². The fourth-order valence-corrected chi connectivity index (χ4v) is 13.9. The first kappa shape index (κ1) is 90.9. The smallest absolute Gasteiger partial charge is 0.463 e. The number of esters is 3. The third-order valence-corrected chi connectivity index (χ3v) is 20.3. The zero-order chi connectivity index (χ0) is 72.5. The van der Waals surface area contributed by atoms with Crippen molar-refractivity contribution in [1.29, 1.82) is 0 Å². The lowest BCUT2D eigenvalue weighted by molar-refractivity contribution is -0.360. The molecule has 3 rings (SSSR count). The van der Waals surface area contributed by atoms with Crippen molar-refractivity contribution in [3.05, 3.63) is 12.2 Å². The summed E-state index contributed by atoms with van der Waals surface area (Å²) in [5.74, 6) is -1.98. The summed E-state index contributed by atoms with van der Waals surface area (Å²) in [5, 5.41) is 110. The van der Waals surface area contributed by atoms with E-state index in [4.69, 9.17) is 42.2 Å². The van der Waals surface area contributed by atoms with E-state index in [2.05, 4.69) is 32.9 Å². The molecule has 1 aliphatic carbocycles. The Labute approximate surface area is 592 Å². The second-order valence-corrected chi connectivity index (χ2v) is 29.5. The Hall–Kier alpha value is -2.30. The molecule has 11 N–H and O–H groups in total. The number of ether oxygens (including phenoxy) is 7. The molecule has 0 aromatic heterocycles. The van der Waals surface area contributed by atoms with Gasteiger partial charge in [-0.15, -0.1) is 0 Å². The van der Waals surface area contributed by atoms with E-state index in [-0.39, 0.29) is 19.3 Å². The van der Waals surface area contributed by atoms with Gasteiger partial charge in [0.15, 0.2) is 18.7 Å². The number of aliphatic hydroxyl groups is 10. The first-order valence-corrected chi connectivity index (χ1v) is 40.5. The van der Waals surface area contributed by atoms with Gasteiger partial charge < -0.3 is 89.1 Å². The number of phosphoric ester groups is 1. The Balaban J connectivity index is 1.72. The maximum Gasteiger partial charge on any atom is 0.472 e. The van der Waals surface area contributed by atoms with Gasteiger partial charge in [-0.1, -0.05) is 258 Å². The molecule has 18 atom stereocenters. The molecular weight excluding hydrogens is 1300 g/mol. The molecule has 3 fully saturated rings. The molecule has 2 aliphatic heterocycles. The molecule has 0 aromatic carbocycles. The van der Waals surface area contributed by atoms with Crippen molar-refractivity contribution in [3.63, 3.8) is 0 Å². The number of unbranched alkanes of at least 4 members (excludes halogenated alkanes) is 38. The minimum Gasteiger partial charge on any atom is -0.463 e. The highest BCUT2D eigenvalue weighted by atomic mass is 31.2. The minimum absolute atomic E-state index is 0.0328. The van der Waals surface area contributed by atoms with Gasteiger partial charge in [0, 0.05) is 19.3 Å². The molecule has 25 heteroatoms. The van der Waals surface area contributed by atoms with Gasteiger partial charge in [0.1, 0.15) is 98.7 Å². The molecule has 2 saturated heterocycles. The first-order valence-electron chi connectivity index (χ1n) is 39.0. The number of aliphatic hydroxyl groups excluding tert-OH is 10. The normalized spacial score (nSPS) is 27.5. The molecule has 3 aliphatic rings. The topological polar surface area (TPSA) is 374 Å². The highest BCUT2D eigenvalue weighted by Crippen LogP contribution is 2.49. The summed E-state index contributed by atoms with van der Waals surface area (Å²) in [4.78, 5) is 51.0. The van der Waals surface area contributed by atoms with Gasteiger partial charge in [-0.05, 0) is 44.9 Å². The maximum atomic E-state index is 14.3. The van der Waals surface area contributed by atoms with Crippen LogP contribution in [-0.2, 0) is 61.2 Å². The van der Waals surface area contributed by atoms with Gasteiger partial charge in [0.2, 0.25) is 0 Å². The molecule has 582 valence electrons. The summed E-state index contributed by atoms with van der Waals surface area (Å²) in [6, 6.07) is 0. The van der Waals surface area contributed by atoms with E-state index in [1.165, 1.54) is 135 Å². The van der Waals surface area contributed by atoms with E-state index >= 15 is 0 Å². The van der Waals surface area contributed by atoms with Crippen LogP contribution in [0.1, 0.15) is 310 Å². The highest BCUT2D eigenvalue weighted by molar-refractivity contribution is 7.47. The van der Waals surface area contributed by atoms with Crippen LogP contribution < -0.4 is 0 Å². The number of allylic oxidation sites excluding steroid dienone is 2. The molecule has 18 unspecified atom stereocenters. The lowest BCUT2D eigenvalue weighted by Crippen LogP contribution is -2.69. The van der Waals surface area contributed by atoms with Crippen molar-refractivity contribution in [3.8, 4) is 0 Å². The Morgan fingerprint density at radius 2 is 0.707 bits per heavy atom. The molecular formula is C74H137O24P. The maximum absolute atomic E-state index is 14.3. The van der Waals surface area contributed by atoms with Gasteiger partial charge in [0.05, 0.1) is 13.2 Å². The minimum atomic E-state index is -5.70. The Morgan fingerprint density at radius 1 is 0.384 bits per heavy atom. The van der Waals surface area contributed by atoms with Crippen molar-refractivity contribution in [2.24, 2.45) is 0 Å². The average molecular weight is 1440 g/mol. The molecule has 24 nitrogen and oxygen atoms in total. The van der Waals surface area contributed by atoms with E-state index in [0.717, 1.165) is 116 Å². The van der Waals surface area contributed by atoms with Crippen molar-refractivity contribution in [2.75, 3.05) is 26.4 Å². The number of rotatable bonds is 61. The Morgan fingerprint density at radius 3 is 1.10 bits per heavy atom.